The van der Waals surface area contributed by atoms with Crippen LogP contribution >= 0.6 is 11.8 Å². The summed E-state index contributed by atoms with van der Waals surface area (Å²) in [5, 5.41) is 9.25. The van der Waals surface area contributed by atoms with Gasteiger partial charge in [-0.2, -0.15) is 0 Å². The molecule has 0 spiro atoms. The second kappa shape index (κ2) is 9.82. The fourth-order valence-corrected chi connectivity index (χ4v) is 4.54. The van der Waals surface area contributed by atoms with Gasteiger partial charge in [0.25, 0.3) is 0 Å². The van der Waals surface area contributed by atoms with E-state index in [4.69, 9.17) is 5.73 Å². The molecular weight excluding hydrogens is 349 g/mol. The molecule has 5 heteroatoms. The number of thioether (sulfide) groups is 1. The third-order valence-electron chi connectivity index (χ3n) is 4.34. The first-order valence-electron chi connectivity index (χ1n) is 8.43. The van der Waals surface area contributed by atoms with Crippen LogP contribution in [0.4, 0.5) is 0 Å². The van der Waals surface area contributed by atoms with Gasteiger partial charge in [0.1, 0.15) is 6.04 Å². The molecule has 0 fully saturated rings. The molecule has 27 heavy (non-hydrogen) atoms. The first kappa shape index (κ1) is 21.3. The zero-order valence-electron chi connectivity index (χ0n) is 16.3. The minimum absolute atomic E-state index is 0. The van der Waals surface area contributed by atoms with Gasteiger partial charge in [0.05, 0.1) is 4.75 Å². The van der Waals surface area contributed by atoms with Crippen LogP contribution in [0.1, 0.15) is 18.1 Å². The van der Waals surface area contributed by atoms with E-state index < -0.39 is 16.8 Å². The van der Waals surface area contributed by atoms with E-state index >= 15 is 0 Å². The van der Waals surface area contributed by atoms with Crippen LogP contribution in [0.2, 0.25) is 0 Å². The van der Waals surface area contributed by atoms with Gasteiger partial charge in [0.15, 0.2) is 0 Å². The van der Waals surface area contributed by atoms with Gasteiger partial charge in [-0.05, 0) is 16.7 Å². The van der Waals surface area contributed by atoms with Crippen molar-refractivity contribution in [3.8, 4) is 0 Å². The maximum Gasteiger partial charge on any atom is 1.00 e. The summed E-state index contributed by atoms with van der Waals surface area (Å²) in [6, 6.07) is 29.6. The van der Waals surface area contributed by atoms with Crippen molar-refractivity contribution in [3.63, 3.8) is 0 Å². The van der Waals surface area contributed by atoms with E-state index in [0.29, 0.717) is 5.75 Å². The van der Waals surface area contributed by atoms with Crippen molar-refractivity contribution in [2.24, 2.45) is 5.73 Å². The molecule has 0 aromatic heterocycles. The van der Waals surface area contributed by atoms with E-state index in [-0.39, 0.29) is 20.3 Å². The molecule has 3 N–H and O–H groups in total. The Bertz CT molecular complexity index is 754. The summed E-state index contributed by atoms with van der Waals surface area (Å²) < 4.78 is -0.531. The normalized spacial score (nSPS) is 12.0. The van der Waals surface area contributed by atoms with Crippen LogP contribution in [0.25, 0.3) is 0 Å². The Kier molecular flexibility index (Phi) is 7.76. The molecule has 0 aliphatic heterocycles. The fourth-order valence-electron chi connectivity index (χ4n) is 3.05. The van der Waals surface area contributed by atoms with Crippen LogP contribution in [0, 0.1) is 0 Å². The third kappa shape index (κ3) is 4.66. The van der Waals surface area contributed by atoms with E-state index in [1.165, 1.54) is 0 Å². The topological polar surface area (TPSA) is 63.3 Å². The third-order valence-corrected chi connectivity index (χ3v) is 6.00. The van der Waals surface area contributed by atoms with Crippen LogP contribution in [0.5, 0.6) is 0 Å². The van der Waals surface area contributed by atoms with Crippen molar-refractivity contribution in [1.82, 2.24) is 0 Å². The second-order valence-corrected chi connectivity index (χ2v) is 7.27. The van der Waals surface area contributed by atoms with E-state index in [2.05, 4.69) is 36.4 Å². The molecular formula is C22H22LiNO2S. The molecule has 3 aromatic rings. The van der Waals surface area contributed by atoms with Gasteiger partial charge < -0.3 is 12.3 Å². The second-order valence-electron chi connectivity index (χ2n) is 6.03. The SMILES string of the molecule is NC(CSC(c1ccccc1)(c1ccccc1)c1ccccc1)C(=O)O.[H-].[Li+]. The van der Waals surface area contributed by atoms with Crippen molar-refractivity contribution >= 4 is 17.7 Å². The van der Waals surface area contributed by atoms with Gasteiger partial charge in [-0.1, -0.05) is 91.0 Å². The Morgan fingerprint density at radius 3 is 1.48 bits per heavy atom. The van der Waals surface area contributed by atoms with Gasteiger partial charge in [0, 0.05) is 5.75 Å². The van der Waals surface area contributed by atoms with E-state index in [1.807, 2.05) is 54.6 Å². The Morgan fingerprint density at radius 1 is 0.852 bits per heavy atom. The Balaban J connectivity index is 0.00000196. The standard InChI is InChI=1S/C22H21NO2S.Li.H/c23-20(21(24)25)16-26-22(17-10-4-1-5-11-17,18-12-6-2-7-13-18)19-14-8-3-9-15-19;;/h1-15,20H,16,23H2,(H,24,25);;/q;+1;-1. The van der Waals surface area contributed by atoms with Crippen LogP contribution in [-0.4, -0.2) is 22.9 Å². The van der Waals surface area contributed by atoms with Gasteiger partial charge >= 0.3 is 24.8 Å². The number of benzene rings is 3. The molecule has 0 heterocycles. The maximum absolute atomic E-state index is 11.3. The predicted molar refractivity (Wildman–Crippen MR) is 108 cm³/mol. The summed E-state index contributed by atoms with van der Waals surface area (Å²) >= 11 is 1.56. The Hall–Kier alpha value is -1.96. The molecule has 0 radical (unpaired) electrons. The number of hydrogen-bond acceptors (Lipinski definition) is 3. The Labute approximate surface area is 177 Å². The van der Waals surface area contributed by atoms with Gasteiger partial charge in [-0.3, -0.25) is 4.79 Å². The minimum Gasteiger partial charge on any atom is -1.00 e. The summed E-state index contributed by atoms with van der Waals surface area (Å²) in [6.07, 6.45) is 0. The van der Waals surface area contributed by atoms with Crippen LogP contribution in [0.15, 0.2) is 91.0 Å². The predicted octanol–water partition coefficient (Wildman–Crippen LogP) is 1.24. The van der Waals surface area contributed by atoms with E-state index in [9.17, 15) is 9.90 Å². The number of aliphatic carboxylic acids is 1. The molecule has 0 saturated heterocycles. The first-order valence-corrected chi connectivity index (χ1v) is 9.42. The molecule has 3 rings (SSSR count). The smallest absolute Gasteiger partial charge is 1.00 e. The van der Waals surface area contributed by atoms with Crippen molar-refractivity contribution in [2.75, 3.05) is 5.75 Å². The van der Waals surface area contributed by atoms with Crippen LogP contribution in [0.3, 0.4) is 0 Å². The summed E-state index contributed by atoms with van der Waals surface area (Å²) in [7, 11) is 0. The molecule has 1 atom stereocenters. The maximum atomic E-state index is 11.3. The van der Waals surface area contributed by atoms with Crippen molar-refractivity contribution in [3.05, 3.63) is 108 Å². The van der Waals surface area contributed by atoms with E-state index in [0.717, 1.165) is 16.7 Å². The molecule has 0 amide bonds. The molecule has 1 unspecified atom stereocenters. The number of nitrogens with two attached hydrogens (primary N) is 1. The average molecular weight is 371 g/mol. The fraction of sp³-hybridized carbons (Fsp3) is 0.136. The quantitative estimate of drug-likeness (QED) is 0.485. The number of carbonyl (C=O) groups is 1. The molecule has 0 saturated carbocycles. The largest absolute Gasteiger partial charge is 1.00 e. The van der Waals surface area contributed by atoms with Gasteiger partial charge in [-0.25, -0.2) is 0 Å². The summed E-state index contributed by atoms with van der Waals surface area (Å²) in [4.78, 5) is 11.3. The molecule has 134 valence electrons. The number of hydrogen-bond donors (Lipinski definition) is 2. The zero-order valence-corrected chi connectivity index (χ0v) is 16.1. The van der Waals surface area contributed by atoms with E-state index in [1.54, 1.807) is 11.8 Å². The van der Waals surface area contributed by atoms with Crippen molar-refractivity contribution < 1.29 is 30.2 Å². The molecule has 3 aromatic carbocycles. The Morgan fingerprint density at radius 2 is 1.19 bits per heavy atom. The summed E-state index contributed by atoms with van der Waals surface area (Å²) in [5.41, 5.74) is 9.13. The van der Waals surface area contributed by atoms with Crippen LogP contribution in [-0.2, 0) is 9.54 Å². The van der Waals surface area contributed by atoms with Crippen molar-refractivity contribution in [2.45, 2.75) is 10.8 Å². The van der Waals surface area contributed by atoms with Crippen molar-refractivity contribution in [1.29, 1.82) is 0 Å². The minimum atomic E-state index is -0.986. The molecule has 3 nitrogen and oxygen atoms in total. The zero-order chi connectivity index (χ0) is 18.4. The number of rotatable bonds is 7. The summed E-state index contributed by atoms with van der Waals surface area (Å²) in [6.45, 7) is 0. The summed E-state index contributed by atoms with van der Waals surface area (Å²) in [5.74, 6) is -0.686. The number of carboxylic acids is 1. The number of carboxylic acid groups (broad SMARTS) is 1. The molecule has 0 aliphatic carbocycles. The first-order chi connectivity index (χ1) is 12.6. The van der Waals surface area contributed by atoms with Crippen LogP contribution < -0.4 is 24.6 Å². The van der Waals surface area contributed by atoms with Gasteiger partial charge in [0.2, 0.25) is 0 Å². The monoisotopic (exact) mass is 371 g/mol. The van der Waals surface area contributed by atoms with Gasteiger partial charge in [-0.15, -0.1) is 11.8 Å². The molecule has 0 bridgehead atoms. The average Bonchev–Trinajstić information content (AvgIpc) is 2.70. The molecule has 0 aliphatic rings.